The molecule has 4 heterocycles. The SMILES string of the molecule is Cc1nn(C(C)c2ccc(Cl)cc2Cl)c2nc(N3CC(C4CCCN(CCC(=O)O)C4)C3)cnc12. The van der Waals surface area contributed by atoms with Gasteiger partial charge in [-0.2, -0.15) is 5.10 Å². The zero-order valence-electron chi connectivity index (χ0n) is 20.0. The lowest BCUT2D eigenvalue weighted by molar-refractivity contribution is -0.137. The van der Waals surface area contributed by atoms with Crippen molar-refractivity contribution >= 4 is 46.2 Å². The number of aliphatic carboxylic acids is 1. The molecular formula is C25H30Cl2N6O2. The maximum absolute atomic E-state index is 10.9. The Bertz CT molecular complexity index is 1240. The number of likely N-dealkylation sites (tertiary alicyclic amines) is 1. The average Bonchev–Trinajstić information content (AvgIpc) is 3.12. The summed E-state index contributed by atoms with van der Waals surface area (Å²) < 4.78 is 1.90. The molecule has 1 N–H and O–H groups in total. The van der Waals surface area contributed by atoms with E-state index in [0.717, 1.165) is 60.8 Å². The predicted molar refractivity (Wildman–Crippen MR) is 137 cm³/mol. The molecule has 0 spiro atoms. The summed E-state index contributed by atoms with van der Waals surface area (Å²) >= 11 is 12.6. The van der Waals surface area contributed by atoms with Gasteiger partial charge in [-0.05, 0) is 62.8 Å². The van der Waals surface area contributed by atoms with Crippen LogP contribution in [0.15, 0.2) is 24.4 Å². The molecule has 0 saturated carbocycles. The molecule has 35 heavy (non-hydrogen) atoms. The van der Waals surface area contributed by atoms with Crippen LogP contribution in [-0.2, 0) is 4.79 Å². The van der Waals surface area contributed by atoms with Gasteiger partial charge in [-0.1, -0.05) is 29.3 Å². The van der Waals surface area contributed by atoms with Crippen molar-refractivity contribution in [2.24, 2.45) is 11.8 Å². The van der Waals surface area contributed by atoms with Crippen LogP contribution in [0.5, 0.6) is 0 Å². The highest BCUT2D eigenvalue weighted by Gasteiger charge is 2.36. The van der Waals surface area contributed by atoms with Crippen molar-refractivity contribution in [2.75, 3.05) is 37.6 Å². The molecule has 3 aromatic rings. The van der Waals surface area contributed by atoms with E-state index in [4.69, 9.17) is 43.4 Å². The Morgan fingerprint density at radius 2 is 2.03 bits per heavy atom. The van der Waals surface area contributed by atoms with Gasteiger partial charge < -0.3 is 14.9 Å². The fraction of sp³-hybridized carbons (Fsp3) is 0.520. The summed E-state index contributed by atoms with van der Waals surface area (Å²) in [6.45, 7) is 8.52. The molecule has 8 nitrogen and oxygen atoms in total. The summed E-state index contributed by atoms with van der Waals surface area (Å²) in [6, 6.07) is 5.39. The molecule has 5 rings (SSSR count). The molecule has 2 aliphatic heterocycles. The summed E-state index contributed by atoms with van der Waals surface area (Å²) in [7, 11) is 0. The van der Waals surface area contributed by atoms with Crippen LogP contribution in [0.2, 0.25) is 10.0 Å². The second kappa shape index (κ2) is 9.91. The molecule has 2 atom stereocenters. The average molecular weight is 517 g/mol. The number of rotatable bonds is 7. The molecule has 2 saturated heterocycles. The maximum atomic E-state index is 10.9. The molecule has 0 radical (unpaired) electrons. The molecule has 10 heteroatoms. The van der Waals surface area contributed by atoms with Gasteiger partial charge in [0.25, 0.3) is 0 Å². The number of carbonyl (C=O) groups is 1. The number of aromatic nitrogens is 4. The smallest absolute Gasteiger partial charge is 0.304 e. The minimum absolute atomic E-state index is 0.122. The number of benzene rings is 1. The Morgan fingerprint density at radius 1 is 1.23 bits per heavy atom. The zero-order valence-corrected chi connectivity index (χ0v) is 21.5. The lowest BCUT2D eigenvalue weighted by Crippen LogP contribution is -2.54. The van der Waals surface area contributed by atoms with Gasteiger partial charge in [-0.3, -0.25) is 4.79 Å². The zero-order chi connectivity index (χ0) is 24.7. The third-order valence-electron chi connectivity index (χ3n) is 7.42. The first-order valence-corrected chi connectivity index (χ1v) is 12.9. The van der Waals surface area contributed by atoms with Gasteiger partial charge in [0.05, 0.1) is 24.4 Å². The lowest BCUT2D eigenvalue weighted by Gasteiger charge is -2.47. The van der Waals surface area contributed by atoms with Gasteiger partial charge in [-0.15, -0.1) is 0 Å². The first-order chi connectivity index (χ1) is 16.8. The minimum Gasteiger partial charge on any atom is -0.481 e. The van der Waals surface area contributed by atoms with Crippen LogP contribution >= 0.6 is 23.2 Å². The van der Waals surface area contributed by atoms with Gasteiger partial charge >= 0.3 is 5.97 Å². The topological polar surface area (TPSA) is 87.4 Å². The number of carboxylic acids is 1. The third kappa shape index (κ3) is 4.97. The first-order valence-electron chi connectivity index (χ1n) is 12.2. The van der Waals surface area contributed by atoms with E-state index in [1.54, 1.807) is 6.07 Å². The molecule has 0 bridgehead atoms. The second-order valence-corrected chi connectivity index (χ2v) is 10.6. The Balaban J connectivity index is 1.30. The van der Waals surface area contributed by atoms with Crippen LogP contribution in [0.25, 0.3) is 11.2 Å². The van der Waals surface area contributed by atoms with Crippen molar-refractivity contribution < 1.29 is 9.90 Å². The number of anilines is 1. The Hall–Kier alpha value is -2.42. The highest BCUT2D eigenvalue weighted by atomic mass is 35.5. The molecule has 2 aliphatic rings. The number of halogens is 2. The number of aryl methyl sites for hydroxylation is 1. The van der Waals surface area contributed by atoms with Crippen LogP contribution in [0.3, 0.4) is 0 Å². The quantitative estimate of drug-likeness (QED) is 0.487. The number of fused-ring (bicyclic) bond motifs is 1. The van der Waals surface area contributed by atoms with Gasteiger partial charge in [0.1, 0.15) is 11.3 Å². The van der Waals surface area contributed by atoms with Crippen LogP contribution in [0.1, 0.15) is 43.5 Å². The predicted octanol–water partition coefficient (Wildman–Crippen LogP) is 4.67. The molecule has 0 aliphatic carbocycles. The molecule has 2 aromatic heterocycles. The first kappa shape index (κ1) is 24.3. The van der Waals surface area contributed by atoms with Crippen LogP contribution < -0.4 is 4.90 Å². The van der Waals surface area contributed by atoms with E-state index in [2.05, 4.69) is 9.80 Å². The fourth-order valence-electron chi connectivity index (χ4n) is 5.37. The van der Waals surface area contributed by atoms with E-state index in [0.29, 0.717) is 28.4 Å². The Kier molecular flexibility index (Phi) is 6.88. The highest BCUT2D eigenvalue weighted by molar-refractivity contribution is 6.35. The number of hydrogen-bond acceptors (Lipinski definition) is 6. The summed E-state index contributed by atoms with van der Waals surface area (Å²) in [5.74, 6) is 1.34. The van der Waals surface area contributed by atoms with Crippen LogP contribution in [-0.4, -0.2) is 68.4 Å². The van der Waals surface area contributed by atoms with Gasteiger partial charge in [-0.25, -0.2) is 14.6 Å². The molecule has 1 aromatic carbocycles. The van der Waals surface area contributed by atoms with Crippen molar-refractivity contribution in [1.82, 2.24) is 24.6 Å². The van der Waals surface area contributed by atoms with Gasteiger partial charge in [0, 0.05) is 36.2 Å². The van der Waals surface area contributed by atoms with E-state index in [9.17, 15) is 4.79 Å². The van der Waals surface area contributed by atoms with Crippen molar-refractivity contribution in [3.8, 4) is 0 Å². The largest absolute Gasteiger partial charge is 0.481 e. The number of carboxylic acid groups (broad SMARTS) is 1. The lowest BCUT2D eigenvalue weighted by atomic mass is 9.80. The van der Waals surface area contributed by atoms with E-state index in [1.807, 2.05) is 36.9 Å². The molecule has 2 unspecified atom stereocenters. The monoisotopic (exact) mass is 516 g/mol. The van der Waals surface area contributed by atoms with E-state index >= 15 is 0 Å². The van der Waals surface area contributed by atoms with Gasteiger partial charge in [0.15, 0.2) is 5.65 Å². The van der Waals surface area contributed by atoms with Crippen molar-refractivity contribution in [1.29, 1.82) is 0 Å². The summed E-state index contributed by atoms with van der Waals surface area (Å²) in [5.41, 5.74) is 3.31. The summed E-state index contributed by atoms with van der Waals surface area (Å²) in [5, 5.41) is 14.9. The third-order valence-corrected chi connectivity index (χ3v) is 7.98. The molecule has 186 valence electrons. The van der Waals surface area contributed by atoms with Crippen LogP contribution in [0.4, 0.5) is 5.82 Å². The van der Waals surface area contributed by atoms with Gasteiger partial charge in [0.2, 0.25) is 0 Å². The molecular weight excluding hydrogens is 487 g/mol. The van der Waals surface area contributed by atoms with E-state index in [1.165, 1.54) is 6.42 Å². The normalized spacial score (nSPS) is 20.2. The van der Waals surface area contributed by atoms with Crippen molar-refractivity contribution in [3.05, 3.63) is 45.7 Å². The molecule has 0 amide bonds. The number of nitrogens with zero attached hydrogens (tertiary/aromatic N) is 6. The minimum atomic E-state index is -0.724. The molecule has 2 fully saturated rings. The van der Waals surface area contributed by atoms with Crippen molar-refractivity contribution in [3.63, 3.8) is 0 Å². The fourth-order valence-corrected chi connectivity index (χ4v) is 5.93. The van der Waals surface area contributed by atoms with Crippen LogP contribution in [0, 0.1) is 18.8 Å². The maximum Gasteiger partial charge on any atom is 0.304 e. The number of hydrogen-bond donors (Lipinski definition) is 1. The Labute approximate surface area is 214 Å². The Morgan fingerprint density at radius 3 is 2.77 bits per heavy atom. The second-order valence-electron chi connectivity index (χ2n) is 9.78. The van der Waals surface area contributed by atoms with Crippen molar-refractivity contribution in [2.45, 2.75) is 39.2 Å². The van der Waals surface area contributed by atoms with E-state index < -0.39 is 5.97 Å². The highest BCUT2D eigenvalue weighted by Crippen LogP contribution is 2.35. The summed E-state index contributed by atoms with van der Waals surface area (Å²) in [6.07, 6.45) is 4.40. The standard InChI is InChI=1S/C25H30Cl2N6O2/c1-15-24-25(33(30-15)16(2)20-6-5-19(26)10-21(20)27)29-22(11-28-24)32-13-18(14-32)17-4-3-8-31(12-17)9-7-23(34)35/h5-6,10-11,16-18H,3-4,7-9,12-14H2,1-2H3,(H,34,35). The summed E-state index contributed by atoms with van der Waals surface area (Å²) in [4.78, 5) is 25.2. The number of piperidine rings is 1. The van der Waals surface area contributed by atoms with E-state index in [-0.39, 0.29) is 12.5 Å².